The summed E-state index contributed by atoms with van der Waals surface area (Å²) in [5.74, 6) is 0.273. The van der Waals surface area contributed by atoms with Gasteiger partial charge in [-0.2, -0.15) is 0 Å². The molecule has 0 radical (unpaired) electrons. The van der Waals surface area contributed by atoms with Crippen molar-refractivity contribution in [2.75, 3.05) is 23.7 Å². The van der Waals surface area contributed by atoms with Gasteiger partial charge in [0.2, 0.25) is 0 Å². The monoisotopic (exact) mass is 293 g/mol. The van der Waals surface area contributed by atoms with Gasteiger partial charge in [0.25, 0.3) is 0 Å². The van der Waals surface area contributed by atoms with Crippen LogP contribution >= 0.6 is 11.3 Å². The molecule has 6 heteroatoms. The van der Waals surface area contributed by atoms with Crippen molar-refractivity contribution in [3.8, 4) is 17.0 Å². The molecular weight excluding hydrogens is 277 g/mol. The Kier molecular flexibility index (Phi) is 3.25. The van der Waals surface area contributed by atoms with E-state index in [2.05, 4.69) is 4.98 Å². The summed E-state index contributed by atoms with van der Waals surface area (Å²) in [5, 5.41) is 0.514. The number of rotatable bonds is 3. The highest BCUT2D eigenvalue weighted by molar-refractivity contribution is 7.15. The van der Waals surface area contributed by atoms with Crippen molar-refractivity contribution in [2.24, 2.45) is 0 Å². The van der Waals surface area contributed by atoms with Gasteiger partial charge in [-0.05, 0) is 19.9 Å². The smallest absolute Gasteiger partial charge is 0.180 e. The summed E-state index contributed by atoms with van der Waals surface area (Å²) >= 11 is 1.42. The van der Waals surface area contributed by atoms with Crippen molar-refractivity contribution in [2.45, 2.75) is 20.5 Å². The molecule has 3 rings (SSSR count). The van der Waals surface area contributed by atoms with Gasteiger partial charge in [-0.1, -0.05) is 11.3 Å². The highest BCUT2D eigenvalue weighted by Crippen LogP contribution is 2.43. The van der Waals surface area contributed by atoms with Crippen molar-refractivity contribution in [1.29, 1.82) is 0 Å². The van der Waals surface area contributed by atoms with E-state index >= 15 is 0 Å². The van der Waals surface area contributed by atoms with Gasteiger partial charge in [0.1, 0.15) is 18.2 Å². The molecule has 0 spiro atoms. The molecule has 4 nitrogen and oxygen atoms in total. The third kappa shape index (κ3) is 2.00. The van der Waals surface area contributed by atoms with E-state index in [1.807, 2.05) is 24.8 Å². The number of hydrogen-bond acceptors (Lipinski definition) is 5. The second-order valence-electron chi connectivity index (χ2n) is 4.58. The van der Waals surface area contributed by atoms with E-state index in [1.165, 1.54) is 17.4 Å². The first-order valence-electron chi connectivity index (χ1n) is 6.60. The van der Waals surface area contributed by atoms with Crippen molar-refractivity contribution >= 4 is 22.2 Å². The molecule has 2 heterocycles. The molecule has 0 saturated heterocycles. The van der Waals surface area contributed by atoms with Gasteiger partial charge in [-0.25, -0.2) is 9.37 Å². The Labute approximate surface area is 121 Å². The summed E-state index contributed by atoms with van der Waals surface area (Å²) in [7, 11) is 0. The molecule has 0 bridgehead atoms. The zero-order chi connectivity index (χ0) is 14.3. The van der Waals surface area contributed by atoms with Crippen LogP contribution in [0, 0.1) is 5.82 Å². The Hall–Kier alpha value is -1.82. The molecule has 2 aromatic rings. The molecule has 1 aromatic carbocycles. The lowest BCUT2D eigenvalue weighted by Gasteiger charge is -2.24. The van der Waals surface area contributed by atoms with E-state index in [9.17, 15) is 4.39 Å². The Bertz CT molecular complexity index is 652. The van der Waals surface area contributed by atoms with Gasteiger partial charge in [0, 0.05) is 24.7 Å². The Morgan fingerprint density at radius 3 is 2.85 bits per heavy atom. The molecule has 1 aromatic heterocycles. The molecule has 106 valence electrons. The van der Waals surface area contributed by atoms with E-state index in [0.29, 0.717) is 23.2 Å². The number of nitrogens with zero attached hydrogens (tertiary/aromatic N) is 2. The van der Waals surface area contributed by atoms with Gasteiger partial charge in [-0.3, -0.25) is 0 Å². The van der Waals surface area contributed by atoms with Crippen molar-refractivity contribution in [1.82, 2.24) is 4.98 Å². The fourth-order valence-corrected chi connectivity index (χ4v) is 3.24. The molecule has 1 aliphatic heterocycles. The predicted octanol–water partition coefficient (Wildman–Crippen LogP) is 3.27. The van der Waals surface area contributed by atoms with Crippen LogP contribution in [-0.4, -0.2) is 18.1 Å². The van der Waals surface area contributed by atoms with Crippen molar-refractivity contribution < 1.29 is 9.13 Å². The number of nitrogens with two attached hydrogens (primary N) is 1. The maximum absolute atomic E-state index is 14.2. The second kappa shape index (κ2) is 4.94. The summed E-state index contributed by atoms with van der Waals surface area (Å²) in [5.41, 5.74) is 7.99. The molecule has 0 fully saturated rings. The number of thiazole rings is 1. The van der Waals surface area contributed by atoms with Gasteiger partial charge >= 0.3 is 0 Å². The summed E-state index contributed by atoms with van der Waals surface area (Å²) in [6.45, 7) is 5.91. The van der Waals surface area contributed by atoms with Crippen LogP contribution in [0.4, 0.5) is 15.2 Å². The summed E-state index contributed by atoms with van der Waals surface area (Å²) in [4.78, 5) is 7.31. The van der Waals surface area contributed by atoms with Crippen LogP contribution in [0.5, 0.6) is 5.75 Å². The summed E-state index contributed by atoms with van der Waals surface area (Å²) in [6, 6.07) is 3.26. The number of hydrogen-bond donors (Lipinski definition) is 1. The molecule has 2 N–H and O–H groups in total. The summed E-state index contributed by atoms with van der Waals surface area (Å²) < 4.78 is 19.8. The number of benzene rings is 1. The van der Waals surface area contributed by atoms with Crippen molar-refractivity contribution in [3.63, 3.8) is 0 Å². The molecule has 1 aliphatic rings. The first-order chi connectivity index (χ1) is 9.63. The van der Waals surface area contributed by atoms with E-state index in [-0.39, 0.29) is 5.82 Å². The zero-order valence-electron chi connectivity index (χ0n) is 11.4. The first kappa shape index (κ1) is 13.2. The third-order valence-corrected chi connectivity index (χ3v) is 4.34. The SMILES string of the molecule is CCN(CC)c1cc2c(cc1F)OCc1sc(N)nc1-2. The minimum absolute atomic E-state index is 0.265. The van der Waals surface area contributed by atoms with Crippen LogP contribution in [-0.2, 0) is 6.61 Å². The van der Waals surface area contributed by atoms with Crippen molar-refractivity contribution in [3.05, 3.63) is 22.8 Å². The molecule has 0 aliphatic carbocycles. The highest BCUT2D eigenvalue weighted by atomic mass is 32.1. The van der Waals surface area contributed by atoms with Crippen LogP contribution < -0.4 is 15.4 Å². The van der Waals surface area contributed by atoms with Crippen LogP contribution in [0.25, 0.3) is 11.3 Å². The highest BCUT2D eigenvalue weighted by Gasteiger charge is 2.24. The Morgan fingerprint density at radius 1 is 1.40 bits per heavy atom. The van der Waals surface area contributed by atoms with Crippen LogP contribution in [0.3, 0.4) is 0 Å². The van der Waals surface area contributed by atoms with Gasteiger partial charge < -0.3 is 15.4 Å². The number of halogens is 1. The first-order valence-corrected chi connectivity index (χ1v) is 7.42. The Morgan fingerprint density at radius 2 is 2.15 bits per heavy atom. The number of fused-ring (bicyclic) bond motifs is 3. The van der Waals surface area contributed by atoms with Crippen LogP contribution in [0.15, 0.2) is 12.1 Å². The van der Waals surface area contributed by atoms with E-state index in [1.54, 1.807) is 0 Å². The van der Waals surface area contributed by atoms with Crippen LogP contribution in [0.2, 0.25) is 0 Å². The van der Waals surface area contributed by atoms with Gasteiger partial charge in [0.15, 0.2) is 5.13 Å². The van der Waals surface area contributed by atoms with E-state index in [4.69, 9.17) is 10.5 Å². The topological polar surface area (TPSA) is 51.4 Å². The summed E-state index contributed by atoms with van der Waals surface area (Å²) in [6.07, 6.45) is 0. The predicted molar refractivity (Wildman–Crippen MR) is 79.8 cm³/mol. The van der Waals surface area contributed by atoms with Gasteiger partial charge in [0.05, 0.1) is 16.3 Å². The zero-order valence-corrected chi connectivity index (χ0v) is 12.3. The minimum atomic E-state index is -0.265. The largest absolute Gasteiger partial charge is 0.487 e. The van der Waals surface area contributed by atoms with Gasteiger partial charge in [-0.15, -0.1) is 0 Å². The molecule has 0 saturated carbocycles. The normalized spacial score (nSPS) is 12.6. The number of aromatic nitrogens is 1. The maximum atomic E-state index is 14.2. The number of anilines is 2. The molecular formula is C14H16FN3OS. The standard InChI is InChI=1S/C14H16FN3OS/c1-3-18(4-2)10-5-8-11(6-9(10)15)19-7-12-13(8)17-14(16)20-12/h5-6H,3-4,7H2,1-2H3,(H2,16,17). The van der Waals surface area contributed by atoms with E-state index in [0.717, 1.165) is 29.2 Å². The Balaban J connectivity index is 2.15. The second-order valence-corrected chi connectivity index (χ2v) is 5.70. The fourth-order valence-electron chi connectivity index (χ4n) is 2.48. The third-order valence-electron chi connectivity index (χ3n) is 3.48. The quantitative estimate of drug-likeness (QED) is 0.943. The molecule has 0 unspecified atom stereocenters. The lowest BCUT2D eigenvalue weighted by atomic mass is 10.1. The lowest BCUT2D eigenvalue weighted by molar-refractivity contribution is 0.304. The fraction of sp³-hybridized carbons (Fsp3) is 0.357. The number of ether oxygens (including phenoxy) is 1. The lowest BCUT2D eigenvalue weighted by Crippen LogP contribution is -2.23. The minimum Gasteiger partial charge on any atom is -0.487 e. The average molecular weight is 293 g/mol. The number of nitrogen functional groups attached to an aromatic ring is 1. The van der Waals surface area contributed by atoms with Crippen LogP contribution in [0.1, 0.15) is 18.7 Å². The molecule has 20 heavy (non-hydrogen) atoms. The molecule has 0 amide bonds. The van der Waals surface area contributed by atoms with E-state index < -0.39 is 0 Å². The molecule has 0 atom stereocenters. The maximum Gasteiger partial charge on any atom is 0.180 e. The average Bonchev–Trinajstić information content (AvgIpc) is 2.81.